The Hall–Kier alpha value is -0.0800. The van der Waals surface area contributed by atoms with Gasteiger partial charge in [0.1, 0.15) is 0 Å². The molecule has 1 fully saturated rings. The van der Waals surface area contributed by atoms with Crippen molar-refractivity contribution in [2.45, 2.75) is 31.8 Å². The molecule has 0 saturated heterocycles. The molecule has 54 valence electrons. The lowest BCUT2D eigenvalue weighted by Gasteiger charge is -2.18. The largest absolute Gasteiger partial charge is 0.389 e. The van der Waals surface area contributed by atoms with Crippen LogP contribution in [-0.4, -0.2) is 17.3 Å². The van der Waals surface area contributed by atoms with Gasteiger partial charge in [-0.05, 0) is 25.2 Å². The molecule has 0 unspecified atom stereocenters. The minimum absolute atomic E-state index is 0.428. The zero-order valence-corrected chi connectivity index (χ0v) is 5.93. The van der Waals surface area contributed by atoms with Gasteiger partial charge in [-0.15, -0.1) is 0 Å². The van der Waals surface area contributed by atoms with Gasteiger partial charge in [-0.2, -0.15) is 0 Å². The lowest BCUT2D eigenvalue weighted by molar-refractivity contribution is 0.0534. The van der Waals surface area contributed by atoms with Crippen LogP contribution in [0.25, 0.3) is 0 Å². The first-order valence-electron chi connectivity index (χ1n) is 3.59. The molecule has 0 aromatic rings. The summed E-state index contributed by atoms with van der Waals surface area (Å²) in [5.74, 6) is 0.665. The molecule has 0 amide bonds. The van der Waals surface area contributed by atoms with Crippen molar-refractivity contribution in [2.75, 3.05) is 6.54 Å². The molecule has 2 atom stereocenters. The van der Waals surface area contributed by atoms with Crippen LogP contribution in [0.5, 0.6) is 0 Å². The van der Waals surface area contributed by atoms with E-state index in [9.17, 15) is 5.11 Å². The fourth-order valence-corrected chi connectivity index (χ4v) is 1.55. The maximum absolute atomic E-state index is 9.55. The number of hydrogen-bond donors (Lipinski definition) is 2. The summed E-state index contributed by atoms with van der Waals surface area (Å²) in [6.07, 6.45) is 2.92. The first-order valence-corrected chi connectivity index (χ1v) is 3.59. The lowest BCUT2D eigenvalue weighted by atomic mass is 10.0. The van der Waals surface area contributed by atoms with Gasteiger partial charge >= 0.3 is 0 Å². The normalized spacial score (nSPS) is 43.7. The Kier molecular flexibility index (Phi) is 1.78. The second kappa shape index (κ2) is 2.27. The molecule has 2 heteroatoms. The van der Waals surface area contributed by atoms with Gasteiger partial charge in [0.05, 0.1) is 5.60 Å². The van der Waals surface area contributed by atoms with Crippen LogP contribution < -0.4 is 5.73 Å². The Labute approximate surface area is 56.1 Å². The second-order valence-electron chi connectivity index (χ2n) is 3.28. The van der Waals surface area contributed by atoms with Crippen molar-refractivity contribution < 1.29 is 5.11 Å². The minimum Gasteiger partial charge on any atom is -0.389 e. The smallest absolute Gasteiger partial charge is 0.0772 e. The molecule has 1 rings (SSSR count). The molecule has 9 heavy (non-hydrogen) atoms. The van der Waals surface area contributed by atoms with Crippen LogP contribution in [0.1, 0.15) is 26.2 Å². The van der Waals surface area contributed by atoms with Crippen molar-refractivity contribution in [1.29, 1.82) is 0 Å². The molecule has 1 saturated carbocycles. The molecule has 0 aliphatic heterocycles. The van der Waals surface area contributed by atoms with E-state index >= 15 is 0 Å². The summed E-state index contributed by atoms with van der Waals surface area (Å²) in [5.41, 5.74) is 4.87. The highest BCUT2D eigenvalue weighted by Crippen LogP contribution is 2.32. The van der Waals surface area contributed by atoms with Gasteiger partial charge in [-0.3, -0.25) is 0 Å². The van der Waals surface area contributed by atoms with Crippen molar-refractivity contribution in [1.82, 2.24) is 0 Å². The molecule has 0 aromatic heterocycles. The van der Waals surface area contributed by atoms with Gasteiger partial charge in [0.25, 0.3) is 0 Å². The minimum atomic E-state index is -0.514. The molecule has 0 spiro atoms. The van der Waals surface area contributed by atoms with E-state index in [-0.39, 0.29) is 0 Å². The van der Waals surface area contributed by atoms with E-state index in [1.54, 1.807) is 0 Å². The van der Waals surface area contributed by atoms with Crippen LogP contribution in [0.2, 0.25) is 0 Å². The Bertz CT molecular complexity index is 105. The zero-order valence-electron chi connectivity index (χ0n) is 5.93. The molecule has 2 nitrogen and oxygen atoms in total. The molecule has 0 aromatic carbocycles. The Balaban J connectivity index is 2.45. The van der Waals surface area contributed by atoms with Crippen molar-refractivity contribution in [3.63, 3.8) is 0 Å². The van der Waals surface area contributed by atoms with Gasteiger partial charge in [0, 0.05) is 6.54 Å². The first-order chi connectivity index (χ1) is 4.16. The maximum atomic E-state index is 9.55. The monoisotopic (exact) mass is 129 g/mol. The molecule has 0 bridgehead atoms. The summed E-state index contributed by atoms with van der Waals surface area (Å²) >= 11 is 0. The quantitative estimate of drug-likeness (QED) is 0.541. The summed E-state index contributed by atoms with van der Waals surface area (Å²) in [5, 5.41) is 9.55. The summed E-state index contributed by atoms with van der Waals surface area (Å²) in [4.78, 5) is 0. The van der Waals surface area contributed by atoms with Gasteiger partial charge < -0.3 is 10.8 Å². The first kappa shape index (κ1) is 7.03. The molecule has 1 aliphatic carbocycles. The van der Waals surface area contributed by atoms with Crippen LogP contribution in [0.3, 0.4) is 0 Å². The fraction of sp³-hybridized carbons (Fsp3) is 1.00. The number of hydrogen-bond acceptors (Lipinski definition) is 2. The second-order valence-corrected chi connectivity index (χ2v) is 3.28. The Morgan fingerprint density at radius 1 is 1.78 bits per heavy atom. The third-order valence-corrected chi connectivity index (χ3v) is 2.21. The molecule has 3 N–H and O–H groups in total. The lowest BCUT2D eigenvalue weighted by Crippen LogP contribution is -2.34. The van der Waals surface area contributed by atoms with E-state index < -0.39 is 5.60 Å². The summed E-state index contributed by atoms with van der Waals surface area (Å²) in [7, 11) is 0. The maximum Gasteiger partial charge on any atom is 0.0772 e. The topological polar surface area (TPSA) is 46.2 Å². The van der Waals surface area contributed by atoms with E-state index in [1.165, 1.54) is 0 Å². The third-order valence-electron chi connectivity index (χ3n) is 2.21. The Morgan fingerprint density at radius 3 is 2.67 bits per heavy atom. The average Bonchev–Trinajstić information content (AvgIpc) is 2.13. The highest BCUT2D eigenvalue weighted by Gasteiger charge is 2.33. The van der Waals surface area contributed by atoms with E-state index in [1.807, 2.05) is 0 Å². The summed E-state index contributed by atoms with van der Waals surface area (Å²) < 4.78 is 0. The van der Waals surface area contributed by atoms with Crippen molar-refractivity contribution in [3.8, 4) is 0 Å². The number of rotatable bonds is 1. The van der Waals surface area contributed by atoms with Gasteiger partial charge in [0.15, 0.2) is 0 Å². The van der Waals surface area contributed by atoms with Crippen LogP contribution in [0, 0.1) is 5.92 Å². The zero-order chi connectivity index (χ0) is 6.91. The molecular weight excluding hydrogens is 114 g/mol. The third kappa shape index (κ3) is 1.43. The van der Waals surface area contributed by atoms with Crippen LogP contribution in [0.4, 0.5) is 0 Å². The standard InChI is InChI=1S/C7H15NO/c1-6-2-3-7(9,4-6)5-8/h6,9H,2-5,8H2,1H3/t6-,7+/m1/s1. The van der Waals surface area contributed by atoms with E-state index in [0.29, 0.717) is 12.5 Å². The molecule has 1 aliphatic rings. The van der Waals surface area contributed by atoms with E-state index in [0.717, 1.165) is 19.3 Å². The molecule has 0 heterocycles. The van der Waals surface area contributed by atoms with E-state index in [2.05, 4.69) is 6.92 Å². The van der Waals surface area contributed by atoms with Crippen molar-refractivity contribution >= 4 is 0 Å². The number of aliphatic hydroxyl groups is 1. The predicted molar refractivity (Wildman–Crippen MR) is 37.0 cm³/mol. The number of nitrogens with two attached hydrogens (primary N) is 1. The van der Waals surface area contributed by atoms with Gasteiger partial charge in [-0.25, -0.2) is 0 Å². The van der Waals surface area contributed by atoms with Crippen molar-refractivity contribution in [2.24, 2.45) is 11.7 Å². The van der Waals surface area contributed by atoms with Crippen LogP contribution in [-0.2, 0) is 0 Å². The van der Waals surface area contributed by atoms with Gasteiger partial charge in [-0.1, -0.05) is 6.92 Å². The predicted octanol–water partition coefficient (Wildman–Crippen LogP) is 0.496. The highest BCUT2D eigenvalue weighted by atomic mass is 16.3. The van der Waals surface area contributed by atoms with Crippen LogP contribution >= 0.6 is 0 Å². The van der Waals surface area contributed by atoms with Crippen LogP contribution in [0.15, 0.2) is 0 Å². The van der Waals surface area contributed by atoms with E-state index in [4.69, 9.17) is 5.73 Å². The van der Waals surface area contributed by atoms with Gasteiger partial charge in [0.2, 0.25) is 0 Å². The van der Waals surface area contributed by atoms with Crippen molar-refractivity contribution in [3.05, 3.63) is 0 Å². The average molecular weight is 129 g/mol. The summed E-state index contributed by atoms with van der Waals surface area (Å²) in [6.45, 7) is 2.59. The Morgan fingerprint density at radius 2 is 2.44 bits per heavy atom. The SMILES string of the molecule is C[C@@H]1CC[C@@](O)(CN)C1. The molecular formula is C7H15NO. The molecule has 0 radical (unpaired) electrons. The summed E-state index contributed by atoms with van der Waals surface area (Å²) in [6, 6.07) is 0. The highest BCUT2D eigenvalue weighted by molar-refractivity contribution is 4.87. The fourth-order valence-electron chi connectivity index (χ4n) is 1.55.